The van der Waals surface area contributed by atoms with Gasteiger partial charge in [-0.05, 0) is 38.0 Å². The van der Waals surface area contributed by atoms with Crippen molar-refractivity contribution in [2.24, 2.45) is 0 Å². The molecule has 3 rings (SSSR count). The summed E-state index contributed by atoms with van der Waals surface area (Å²) >= 11 is 1.41. The second-order valence-corrected chi connectivity index (χ2v) is 8.29. The molecule has 1 fully saturated rings. The monoisotopic (exact) mass is 398 g/mol. The summed E-state index contributed by atoms with van der Waals surface area (Å²) in [6.45, 7) is 12.0. The maximum Gasteiger partial charge on any atom is 0.318 e. The fraction of sp³-hybridized carbons (Fsp3) is 0.381. The maximum atomic E-state index is 12.8. The Morgan fingerprint density at radius 2 is 1.86 bits per heavy atom. The minimum atomic E-state index is -0.518. The summed E-state index contributed by atoms with van der Waals surface area (Å²) in [5, 5.41) is 4.88. The summed E-state index contributed by atoms with van der Waals surface area (Å²) in [5.41, 5.74) is 4.69. The highest BCUT2D eigenvalue weighted by atomic mass is 32.1. The zero-order valence-electron chi connectivity index (χ0n) is 16.6. The van der Waals surface area contributed by atoms with Crippen LogP contribution in [0, 0.1) is 0 Å². The smallest absolute Gasteiger partial charge is 0.318 e. The van der Waals surface area contributed by atoms with Gasteiger partial charge in [0.15, 0.2) is 0 Å². The molecule has 1 saturated heterocycles. The van der Waals surface area contributed by atoms with Gasteiger partial charge in [0.05, 0.1) is 11.0 Å². The first-order valence-corrected chi connectivity index (χ1v) is 10.2. The predicted octanol–water partition coefficient (Wildman–Crippen LogP) is 3.58. The van der Waals surface area contributed by atoms with E-state index in [0.717, 1.165) is 16.7 Å². The molecule has 1 aromatic heterocycles. The van der Waals surface area contributed by atoms with Gasteiger partial charge in [-0.2, -0.15) is 0 Å². The Balaban J connectivity index is 1.60. The summed E-state index contributed by atoms with van der Waals surface area (Å²) < 4.78 is 0. The van der Waals surface area contributed by atoms with Gasteiger partial charge in [-0.3, -0.25) is 4.79 Å². The van der Waals surface area contributed by atoms with Crippen molar-refractivity contribution in [3.8, 4) is 0 Å². The molecule has 6 nitrogen and oxygen atoms in total. The van der Waals surface area contributed by atoms with E-state index in [0.29, 0.717) is 31.9 Å². The van der Waals surface area contributed by atoms with E-state index in [9.17, 15) is 9.59 Å². The van der Waals surface area contributed by atoms with Crippen LogP contribution in [0.25, 0.3) is 5.57 Å². The average molecular weight is 399 g/mol. The number of carbonyl (C=O) groups excluding carboxylic acids is 2. The van der Waals surface area contributed by atoms with Crippen LogP contribution in [0.5, 0.6) is 0 Å². The van der Waals surface area contributed by atoms with E-state index in [2.05, 4.69) is 22.9 Å². The number of piperazine rings is 1. The molecule has 1 aliphatic heterocycles. The highest BCUT2D eigenvalue weighted by molar-refractivity contribution is 7.07. The number of nitrogens with zero attached hydrogens (tertiary/aromatic N) is 3. The number of carbonyl (C=O) groups is 2. The summed E-state index contributed by atoms with van der Waals surface area (Å²) in [6.07, 6.45) is 0. The number of rotatable bonds is 4. The largest absolute Gasteiger partial charge is 0.334 e. The van der Waals surface area contributed by atoms with E-state index in [4.69, 9.17) is 0 Å². The Bertz CT molecular complexity index is 868. The molecule has 0 aliphatic carbocycles. The van der Waals surface area contributed by atoms with Crippen LogP contribution in [0.3, 0.4) is 0 Å². The van der Waals surface area contributed by atoms with Gasteiger partial charge in [0, 0.05) is 31.6 Å². The lowest BCUT2D eigenvalue weighted by molar-refractivity contribution is 0.0655. The standard InChI is InChI=1S/C21H26N4O2S/c1-15(2)16-6-5-7-17(12-16)21(3,4)23-20(27)25-10-8-24(9-11-25)19(26)18-13-28-14-22-18/h5-7,12-14H,1,8-11H2,2-4H3,(H,23,27). The minimum Gasteiger partial charge on any atom is -0.334 e. The lowest BCUT2D eigenvalue weighted by Crippen LogP contribution is -2.55. The van der Waals surface area contributed by atoms with Gasteiger partial charge < -0.3 is 15.1 Å². The van der Waals surface area contributed by atoms with Crippen molar-refractivity contribution in [3.63, 3.8) is 0 Å². The number of hydrogen-bond acceptors (Lipinski definition) is 4. The second kappa shape index (κ2) is 8.14. The number of thiazole rings is 1. The SMILES string of the molecule is C=C(C)c1cccc(C(C)(C)NC(=O)N2CCN(C(=O)c3cscn3)CC2)c1. The van der Waals surface area contributed by atoms with E-state index in [1.165, 1.54) is 11.3 Å². The predicted molar refractivity (Wildman–Crippen MR) is 112 cm³/mol. The number of benzene rings is 1. The van der Waals surface area contributed by atoms with Crippen LogP contribution >= 0.6 is 11.3 Å². The number of nitrogens with one attached hydrogen (secondary N) is 1. The summed E-state index contributed by atoms with van der Waals surface area (Å²) in [5.74, 6) is -0.0711. The van der Waals surface area contributed by atoms with Gasteiger partial charge in [0.25, 0.3) is 5.91 Å². The van der Waals surface area contributed by atoms with Crippen molar-refractivity contribution in [1.29, 1.82) is 0 Å². The van der Waals surface area contributed by atoms with E-state index >= 15 is 0 Å². The molecular formula is C21H26N4O2S. The van der Waals surface area contributed by atoms with Crippen LogP contribution in [0.2, 0.25) is 0 Å². The number of amides is 3. The lowest BCUT2D eigenvalue weighted by atomic mass is 9.92. The first-order valence-electron chi connectivity index (χ1n) is 9.29. The molecule has 0 unspecified atom stereocenters. The zero-order chi connectivity index (χ0) is 20.3. The summed E-state index contributed by atoms with van der Waals surface area (Å²) in [4.78, 5) is 32.8. The average Bonchev–Trinajstić information content (AvgIpc) is 3.22. The van der Waals surface area contributed by atoms with Crippen LogP contribution in [0.15, 0.2) is 41.7 Å². The van der Waals surface area contributed by atoms with Gasteiger partial charge in [-0.1, -0.05) is 30.4 Å². The van der Waals surface area contributed by atoms with Crippen molar-refractivity contribution in [2.75, 3.05) is 26.2 Å². The third-order valence-corrected chi connectivity index (χ3v) is 5.59. The van der Waals surface area contributed by atoms with Crippen LogP contribution in [-0.2, 0) is 5.54 Å². The molecular weight excluding hydrogens is 372 g/mol. The van der Waals surface area contributed by atoms with Crippen molar-refractivity contribution >= 4 is 28.8 Å². The Labute approximate surface area is 169 Å². The molecule has 1 aromatic carbocycles. The summed E-state index contributed by atoms with van der Waals surface area (Å²) in [7, 11) is 0. The van der Waals surface area contributed by atoms with Gasteiger partial charge in [-0.15, -0.1) is 11.3 Å². The molecule has 7 heteroatoms. The normalized spacial score (nSPS) is 14.7. The topological polar surface area (TPSA) is 65.5 Å². The van der Waals surface area contributed by atoms with Gasteiger partial charge >= 0.3 is 6.03 Å². The van der Waals surface area contributed by atoms with E-state index < -0.39 is 5.54 Å². The van der Waals surface area contributed by atoms with Crippen molar-refractivity contribution in [3.05, 3.63) is 58.6 Å². The third-order valence-electron chi connectivity index (χ3n) is 5.00. The number of allylic oxidation sites excluding steroid dienone is 1. The summed E-state index contributed by atoms with van der Waals surface area (Å²) in [6, 6.07) is 7.95. The fourth-order valence-corrected chi connectivity index (χ4v) is 3.71. The van der Waals surface area contributed by atoms with Crippen molar-refractivity contribution < 1.29 is 9.59 Å². The molecule has 28 heavy (non-hydrogen) atoms. The third kappa shape index (κ3) is 4.42. The molecule has 2 aromatic rings. The molecule has 3 amide bonds. The molecule has 1 aliphatic rings. The van der Waals surface area contributed by atoms with Crippen molar-refractivity contribution in [2.45, 2.75) is 26.3 Å². The Morgan fingerprint density at radius 3 is 2.46 bits per heavy atom. The minimum absolute atomic E-state index is 0.0711. The molecule has 0 atom stereocenters. The Kier molecular flexibility index (Phi) is 5.84. The zero-order valence-corrected chi connectivity index (χ0v) is 17.4. The Hall–Kier alpha value is -2.67. The van der Waals surface area contributed by atoms with E-state index in [1.807, 2.05) is 39.0 Å². The molecule has 0 spiro atoms. The number of hydrogen-bond donors (Lipinski definition) is 1. The van der Waals surface area contributed by atoms with Crippen molar-refractivity contribution in [1.82, 2.24) is 20.1 Å². The van der Waals surface area contributed by atoms with Crippen LogP contribution in [-0.4, -0.2) is 52.9 Å². The fourth-order valence-electron chi connectivity index (χ4n) is 3.18. The highest BCUT2D eigenvalue weighted by Crippen LogP contribution is 2.24. The maximum absolute atomic E-state index is 12.8. The van der Waals surface area contributed by atoms with E-state index in [-0.39, 0.29) is 11.9 Å². The molecule has 0 radical (unpaired) electrons. The quantitative estimate of drug-likeness (QED) is 0.856. The number of urea groups is 1. The van der Waals surface area contributed by atoms with Gasteiger partial charge in [0.1, 0.15) is 5.69 Å². The van der Waals surface area contributed by atoms with Gasteiger partial charge in [0.2, 0.25) is 0 Å². The van der Waals surface area contributed by atoms with Crippen LogP contribution < -0.4 is 5.32 Å². The van der Waals surface area contributed by atoms with Gasteiger partial charge in [-0.25, -0.2) is 9.78 Å². The van der Waals surface area contributed by atoms with E-state index in [1.54, 1.807) is 20.7 Å². The van der Waals surface area contributed by atoms with Crippen LogP contribution in [0.1, 0.15) is 42.4 Å². The molecule has 1 N–H and O–H groups in total. The lowest BCUT2D eigenvalue weighted by Gasteiger charge is -2.37. The molecule has 0 saturated carbocycles. The molecule has 0 bridgehead atoms. The van der Waals surface area contributed by atoms with Crippen LogP contribution in [0.4, 0.5) is 4.79 Å². The number of aromatic nitrogens is 1. The molecule has 148 valence electrons. The first kappa shape index (κ1) is 20.1. The highest BCUT2D eigenvalue weighted by Gasteiger charge is 2.29. The Morgan fingerprint density at radius 1 is 1.18 bits per heavy atom. The second-order valence-electron chi connectivity index (χ2n) is 7.57. The first-order chi connectivity index (χ1) is 13.3. The molecule has 2 heterocycles.